The van der Waals surface area contributed by atoms with Crippen LogP contribution in [0.4, 0.5) is 5.95 Å². The maximum Gasteiger partial charge on any atom is 0.225 e. The third-order valence-corrected chi connectivity index (χ3v) is 3.95. The first kappa shape index (κ1) is 12.8. The highest BCUT2D eigenvalue weighted by Crippen LogP contribution is 2.28. The molecule has 2 rings (SSSR count). The number of rotatable bonds is 3. The fourth-order valence-corrected chi connectivity index (χ4v) is 2.57. The average molecular weight is 300 g/mol. The van der Waals surface area contributed by atoms with Gasteiger partial charge in [0.1, 0.15) is 0 Å². The Hall–Kier alpha value is -0.680. The topological polar surface area (TPSA) is 49.2 Å². The molecule has 1 aliphatic carbocycles. The highest BCUT2D eigenvalue weighted by molar-refractivity contribution is 9.10. The van der Waals surface area contributed by atoms with Crippen LogP contribution in [0.2, 0.25) is 0 Å². The largest absolute Gasteiger partial charge is 0.396 e. The molecule has 1 fully saturated rings. The lowest BCUT2D eigenvalue weighted by Crippen LogP contribution is -2.36. The summed E-state index contributed by atoms with van der Waals surface area (Å²) in [5, 5.41) is 9.12. The van der Waals surface area contributed by atoms with Crippen molar-refractivity contribution in [2.75, 3.05) is 18.6 Å². The minimum atomic E-state index is 0.325. The Morgan fingerprint density at radius 3 is 2.41 bits per heavy atom. The molecule has 17 heavy (non-hydrogen) atoms. The van der Waals surface area contributed by atoms with E-state index in [9.17, 15) is 0 Å². The van der Waals surface area contributed by atoms with Crippen molar-refractivity contribution in [3.8, 4) is 0 Å². The van der Waals surface area contributed by atoms with E-state index >= 15 is 0 Å². The van der Waals surface area contributed by atoms with Crippen LogP contribution in [-0.2, 0) is 0 Å². The molecule has 5 heteroatoms. The van der Waals surface area contributed by atoms with Gasteiger partial charge in [-0.15, -0.1) is 0 Å². The smallest absolute Gasteiger partial charge is 0.225 e. The van der Waals surface area contributed by atoms with Crippen molar-refractivity contribution in [3.63, 3.8) is 0 Å². The molecular weight excluding hydrogens is 282 g/mol. The van der Waals surface area contributed by atoms with Gasteiger partial charge in [-0.3, -0.25) is 0 Å². The molecule has 4 nitrogen and oxygen atoms in total. The quantitative estimate of drug-likeness (QED) is 0.930. The average Bonchev–Trinajstić information content (AvgIpc) is 2.39. The lowest BCUT2D eigenvalue weighted by Gasteiger charge is -2.34. The summed E-state index contributed by atoms with van der Waals surface area (Å²) < 4.78 is 0.902. The van der Waals surface area contributed by atoms with Crippen molar-refractivity contribution in [1.29, 1.82) is 0 Å². The fraction of sp³-hybridized carbons (Fsp3) is 0.667. The number of nitrogens with zero attached hydrogens (tertiary/aromatic N) is 3. The summed E-state index contributed by atoms with van der Waals surface area (Å²) >= 11 is 3.34. The maximum atomic E-state index is 9.12. The summed E-state index contributed by atoms with van der Waals surface area (Å²) in [4.78, 5) is 10.8. The SMILES string of the molecule is CN(c1ncc(Br)cn1)C1CCC(CO)CC1. The number of anilines is 1. The monoisotopic (exact) mass is 299 g/mol. The third kappa shape index (κ3) is 3.16. The Morgan fingerprint density at radius 1 is 1.29 bits per heavy atom. The predicted molar refractivity (Wildman–Crippen MR) is 71.0 cm³/mol. The van der Waals surface area contributed by atoms with Gasteiger partial charge in [-0.2, -0.15) is 0 Å². The number of aliphatic hydroxyl groups is 1. The van der Waals surface area contributed by atoms with Crippen LogP contribution in [0, 0.1) is 5.92 Å². The van der Waals surface area contributed by atoms with E-state index in [4.69, 9.17) is 5.11 Å². The van der Waals surface area contributed by atoms with Crippen molar-refractivity contribution < 1.29 is 5.11 Å². The van der Waals surface area contributed by atoms with E-state index in [0.717, 1.165) is 36.1 Å². The molecule has 0 saturated heterocycles. The van der Waals surface area contributed by atoms with Crippen molar-refractivity contribution >= 4 is 21.9 Å². The number of hydrogen-bond donors (Lipinski definition) is 1. The lowest BCUT2D eigenvalue weighted by molar-refractivity contribution is 0.181. The third-order valence-electron chi connectivity index (χ3n) is 3.54. The van der Waals surface area contributed by atoms with Gasteiger partial charge in [-0.25, -0.2) is 9.97 Å². The summed E-state index contributed by atoms with van der Waals surface area (Å²) in [5.41, 5.74) is 0. The first-order valence-corrected chi connectivity index (χ1v) is 6.81. The molecule has 0 spiro atoms. The summed E-state index contributed by atoms with van der Waals surface area (Å²) in [6.45, 7) is 0.325. The van der Waals surface area contributed by atoms with E-state index < -0.39 is 0 Å². The van der Waals surface area contributed by atoms with Crippen LogP contribution in [0.5, 0.6) is 0 Å². The van der Waals surface area contributed by atoms with Crippen LogP contribution in [0.15, 0.2) is 16.9 Å². The van der Waals surface area contributed by atoms with Gasteiger partial charge in [0.25, 0.3) is 0 Å². The Kier molecular flexibility index (Phi) is 4.34. The van der Waals surface area contributed by atoms with Crippen LogP contribution >= 0.6 is 15.9 Å². The van der Waals surface area contributed by atoms with Crippen molar-refractivity contribution in [2.45, 2.75) is 31.7 Å². The highest BCUT2D eigenvalue weighted by Gasteiger charge is 2.24. The molecule has 0 aliphatic heterocycles. The number of halogens is 1. The molecule has 1 N–H and O–H groups in total. The zero-order chi connectivity index (χ0) is 12.3. The maximum absolute atomic E-state index is 9.12. The highest BCUT2D eigenvalue weighted by atomic mass is 79.9. The Morgan fingerprint density at radius 2 is 1.88 bits per heavy atom. The molecule has 0 aromatic carbocycles. The second kappa shape index (κ2) is 5.78. The van der Waals surface area contributed by atoms with Gasteiger partial charge in [-0.1, -0.05) is 0 Å². The molecule has 1 aliphatic rings. The van der Waals surface area contributed by atoms with Crippen molar-refractivity contribution in [3.05, 3.63) is 16.9 Å². The Balaban J connectivity index is 1.96. The van der Waals surface area contributed by atoms with E-state index in [1.165, 1.54) is 0 Å². The molecule has 0 atom stereocenters. The summed E-state index contributed by atoms with van der Waals surface area (Å²) in [6.07, 6.45) is 7.97. The predicted octanol–water partition coefficient (Wildman–Crippen LogP) is 2.23. The number of aliphatic hydroxyl groups excluding tert-OH is 1. The van der Waals surface area contributed by atoms with E-state index in [1.807, 2.05) is 7.05 Å². The number of aromatic nitrogens is 2. The lowest BCUT2D eigenvalue weighted by atomic mass is 9.86. The summed E-state index contributed by atoms with van der Waals surface area (Å²) in [7, 11) is 2.05. The van der Waals surface area contributed by atoms with Gasteiger partial charge in [0.15, 0.2) is 0 Å². The molecule has 94 valence electrons. The minimum Gasteiger partial charge on any atom is -0.396 e. The zero-order valence-electron chi connectivity index (χ0n) is 10.0. The van der Waals surface area contributed by atoms with Crippen molar-refractivity contribution in [1.82, 2.24) is 9.97 Å². The Labute approximate surface area is 110 Å². The fourth-order valence-electron chi connectivity index (χ4n) is 2.37. The van der Waals surface area contributed by atoms with Gasteiger partial charge in [0.2, 0.25) is 5.95 Å². The molecule has 1 heterocycles. The van der Waals surface area contributed by atoms with Crippen LogP contribution in [0.1, 0.15) is 25.7 Å². The summed E-state index contributed by atoms with van der Waals surface area (Å²) in [6, 6.07) is 0.499. The van der Waals surface area contributed by atoms with E-state index in [2.05, 4.69) is 30.8 Å². The molecule has 1 saturated carbocycles. The van der Waals surface area contributed by atoms with Gasteiger partial charge in [0, 0.05) is 32.1 Å². The van der Waals surface area contributed by atoms with Crippen LogP contribution < -0.4 is 4.90 Å². The van der Waals surface area contributed by atoms with E-state index in [-0.39, 0.29) is 0 Å². The summed E-state index contributed by atoms with van der Waals surface area (Å²) in [5.74, 6) is 1.27. The molecule has 0 bridgehead atoms. The Bertz CT molecular complexity index is 349. The van der Waals surface area contributed by atoms with E-state index in [0.29, 0.717) is 18.6 Å². The van der Waals surface area contributed by atoms with Crippen LogP contribution in [-0.4, -0.2) is 34.8 Å². The molecule has 1 aromatic heterocycles. The molecule has 0 amide bonds. The second-order valence-corrected chi connectivity index (χ2v) is 5.58. The molecule has 0 unspecified atom stereocenters. The molecule has 1 aromatic rings. The van der Waals surface area contributed by atoms with Gasteiger partial charge < -0.3 is 10.0 Å². The molecular formula is C12H18BrN3O. The first-order chi connectivity index (χ1) is 8.20. The van der Waals surface area contributed by atoms with Crippen molar-refractivity contribution in [2.24, 2.45) is 5.92 Å². The normalized spacial score (nSPS) is 24.6. The van der Waals surface area contributed by atoms with Gasteiger partial charge in [-0.05, 0) is 47.5 Å². The standard InChI is InChI=1S/C12H18BrN3O/c1-16(12-14-6-10(13)7-15-12)11-4-2-9(8-17)3-5-11/h6-7,9,11,17H,2-5,8H2,1H3. The number of hydrogen-bond acceptors (Lipinski definition) is 4. The van der Waals surface area contributed by atoms with Crippen LogP contribution in [0.3, 0.4) is 0 Å². The second-order valence-electron chi connectivity index (χ2n) is 4.67. The van der Waals surface area contributed by atoms with Gasteiger partial charge in [0.05, 0.1) is 4.47 Å². The minimum absolute atomic E-state index is 0.325. The molecule has 0 radical (unpaired) electrons. The zero-order valence-corrected chi connectivity index (χ0v) is 11.6. The first-order valence-electron chi connectivity index (χ1n) is 6.02. The van der Waals surface area contributed by atoms with Gasteiger partial charge >= 0.3 is 0 Å². The van der Waals surface area contributed by atoms with E-state index in [1.54, 1.807) is 12.4 Å². The van der Waals surface area contributed by atoms with Crippen LogP contribution in [0.25, 0.3) is 0 Å².